The molecule has 0 atom stereocenters. The van der Waals surface area contributed by atoms with Crippen molar-refractivity contribution in [3.63, 3.8) is 0 Å². The topological polar surface area (TPSA) is 34.1 Å². The average molecular weight is 268 g/mol. The van der Waals surface area contributed by atoms with Gasteiger partial charge < -0.3 is 0 Å². The van der Waals surface area contributed by atoms with Gasteiger partial charge >= 0.3 is 0 Å². The van der Waals surface area contributed by atoms with E-state index in [2.05, 4.69) is 0 Å². The first-order valence-corrected chi connectivity index (χ1v) is 6.66. The standard InChI is InChI=1S/C13H10F2O2S/c1-9-5-6-12(8-13(9)15)18(16,17)11-4-2-3-10(14)7-11/h2-8H,1H3. The van der Waals surface area contributed by atoms with Crippen molar-refractivity contribution in [3.05, 3.63) is 59.7 Å². The fourth-order valence-corrected chi connectivity index (χ4v) is 2.81. The number of halogens is 2. The van der Waals surface area contributed by atoms with Crippen LogP contribution in [-0.2, 0) is 9.84 Å². The van der Waals surface area contributed by atoms with Gasteiger partial charge in [0.25, 0.3) is 0 Å². The van der Waals surface area contributed by atoms with E-state index in [1.165, 1.54) is 31.2 Å². The molecule has 18 heavy (non-hydrogen) atoms. The second kappa shape index (κ2) is 4.49. The Morgan fingerprint density at radius 2 is 1.61 bits per heavy atom. The third-order valence-electron chi connectivity index (χ3n) is 2.56. The van der Waals surface area contributed by atoms with Gasteiger partial charge in [-0.05, 0) is 42.8 Å². The van der Waals surface area contributed by atoms with Crippen molar-refractivity contribution in [2.45, 2.75) is 16.7 Å². The molecule has 5 heteroatoms. The summed E-state index contributed by atoms with van der Waals surface area (Å²) in [5.41, 5.74) is 0.355. The molecule has 0 saturated heterocycles. The first-order chi connectivity index (χ1) is 8.41. The summed E-state index contributed by atoms with van der Waals surface area (Å²) in [7, 11) is -3.88. The number of rotatable bonds is 2. The van der Waals surface area contributed by atoms with Crippen molar-refractivity contribution in [1.29, 1.82) is 0 Å². The predicted octanol–water partition coefficient (Wildman–Crippen LogP) is 3.11. The Hall–Kier alpha value is -1.75. The van der Waals surface area contributed by atoms with Gasteiger partial charge in [0.1, 0.15) is 11.6 Å². The molecule has 94 valence electrons. The SMILES string of the molecule is Cc1ccc(S(=O)(=O)c2cccc(F)c2)cc1F. The molecule has 0 aliphatic rings. The van der Waals surface area contributed by atoms with E-state index in [0.29, 0.717) is 5.56 Å². The summed E-state index contributed by atoms with van der Waals surface area (Å²) in [5.74, 6) is -1.25. The summed E-state index contributed by atoms with van der Waals surface area (Å²) in [6.45, 7) is 1.54. The smallest absolute Gasteiger partial charge is 0.206 e. The van der Waals surface area contributed by atoms with E-state index in [0.717, 1.165) is 18.2 Å². The van der Waals surface area contributed by atoms with Gasteiger partial charge in [-0.2, -0.15) is 0 Å². The van der Waals surface area contributed by atoms with Crippen molar-refractivity contribution in [2.24, 2.45) is 0 Å². The highest BCUT2D eigenvalue weighted by Gasteiger charge is 2.19. The zero-order valence-corrected chi connectivity index (χ0v) is 10.3. The van der Waals surface area contributed by atoms with Crippen LogP contribution >= 0.6 is 0 Å². The van der Waals surface area contributed by atoms with Gasteiger partial charge in [-0.25, -0.2) is 17.2 Å². The highest BCUT2D eigenvalue weighted by Crippen LogP contribution is 2.22. The Morgan fingerprint density at radius 1 is 0.944 bits per heavy atom. The van der Waals surface area contributed by atoms with Crippen LogP contribution in [-0.4, -0.2) is 8.42 Å². The van der Waals surface area contributed by atoms with Gasteiger partial charge in [0.05, 0.1) is 9.79 Å². The van der Waals surface area contributed by atoms with Crippen LogP contribution < -0.4 is 0 Å². The number of sulfone groups is 1. The molecule has 0 amide bonds. The lowest BCUT2D eigenvalue weighted by Crippen LogP contribution is -2.03. The van der Waals surface area contributed by atoms with Gasteiger partial charge in [-0.15, -0.1) is 0 Å². The van der Waals surface area contributed by atoms with E-state index in [1.807, 2.05) is 0 Å². The summed E-state index contributed by atoms with van der Waals surface area (Å²) in [6.07, 6.45) is 0. The van der Waals surface area contributed by atoms with E-state index in [1.54, 1.807) is 0 Å². The van der Waals surface area contributed by atoms with Crippen molar-refractivity contribution in [3.8, 4) is 0 Å². The number of hydrogen-bond donors (Lipinski definition) is 0. The van der Waals surface area contributed by atoms with Crippen LogP contribution in [0.4, 0.5) is 8.78 Å². The fourth-order valence-electron chi connectivity index (χ4n) is 1.51. The normalized spacial score (nSPS) is 11.5. The summed E-state index contributed by atoms with van der Waals surface area (Å²) in [4.78, 5) is -0.373. The molecular weight excluding hydrogens is 258 g/mol. The molecule has 0 bridgehead atoms. The lowest BCUT2D eigenvalue weighted by molar-refractivity contribution is 0.585. The Morgan fingerprint density at radius 3 is 2.22 bits per heavy atom. The summed E-state index contributed by atoms with van der Waals surface area (Å²) >= 11 is 0. The minimum absolute atomic E-state index is 0.184. The molecule has 2 nitrogen and oxygen atoms in total. The molecule has 0 N–H and O–H groups in total. The van der Waals surface area contributed by atoms with Crippen molar-refractivity contribution >= 4 is 9.84 Å². The Bertz CT molecular complexity index is 694. The first kappa shape index (κ1) is 12.7. The maximum atomic E-state index is 13.4. The zero-order chi connectivity index (χ0) is 13.3. The maximum Gasteiger partial charge on any atom is 0.206 e. The molecule has 2 rings (SSSR count). The minimum Gasteiger partial charge on any atom is -0.219 e. The predicted molar refractivity (Wildman–Crippen MR) is 63.0 cm³/mol. The molecule has 0 heterocycles. The minimum atomic E-state index is -3.88. The third kappa shape index (κ3) is 2.26. The van der Waals surface area contributed by atoms with Gasteiger partial charge in [-0.3, -0.25) is 0 Å². The maximum absolute atomic E-state index is 13.4. The van der Waals surface area contributed by atoms with E-state index in [-0.39, 0.29) is 9.79 Å². The zero-order valence-electron chi connectivity index (χ0n) is 9.52. The average Bonchev–Trinajstić information content (AvgIpc) is 2.32. The molecule has 2 aromatic carbocycles. The van der Waals surface area contributed by atoms with Crippen LogP contribution in [0.1, 0.15) is 5.56 Å². The van der Waals surface area contributed by atoms with Crippen LogP contribution in [0.25, 0.3) is 0 Å². The van der Waals surface area contributed by atoms with Crippen LogP contribution in [0, 0.1) is 18.6 Å². The molecule has 0 unspecified atom stereocenters. The summed E-state index contributed by atoms with van der Waals surface area (Å²) < 4.78 is 50.6. The Labute approximate surface area is 104 Å². The van der Waals surface area contributed by atoms with Crippen LogP contribution in [0.2, 0.25) is 0 Å². The molecule has 2 aromatic rings. The van der Waals surface area contributed by atoms with E-state index in [9.17, 15) is 17.2 Å². The van der Waals surface area contributed by atoms with Gasteiger partial charge in [0.15, 0.2) is 0 Å². The Balaban J connectivity index is 2.58. The highest BCUT2D eigenvalue weighted by molar-refractivity contribution is 7.91. The second-order valence-corrected chi connectivity index (χ2v) is 5.82. The first-order valence-electron chi connectivity index (χ1n) is 5.18. The quantitative estimate of drug-likeness (QED) is 0.838. The number of benzene rings is 2. The van der Waals surface area contributed by atoms with E-state index in [4.69, 9.17) is 0 Å². The van der Waals surface area contributed by atoms with Crippen molar-refractivity contribution < 1.29 is 17.2 Å². The van der Waals surface area contributed by atoms with E-state index >= 15 is 0 Å². The molecule has 0 aromatic heterocycles. The lowest BCUT2D eigenvalue weighted by atomic mass is 10.2. The summed E-state index contributed by atoms with van der Waals surface area (Å²) in [5, 5.41) is 0. The molecular formula is C13H10F2O2S. The molecule has 0 radical (unpaired) electrons. The monoisotopic (exact) mass is 268 g/mol. The van der Waals surface area contributed by atoms with Gasteiger partial charge in [0.2, 0.25) is 9.84 Å². The third-order valence-corrected chi connectivity index (χ3v) is 4.31. The van der Waals surface area contributed by atoms with E-state index < -0.39 is 21.5 Å². The molecule has 0 saturated carbocycles. The highest BCUT2D eigenvalue weighted by atomic mass is 32.2. The molecule has 0 spiro atoms. The number of hydrogen-bond acceptors (Lipinski definition) is 2. The largest absolute Gasteiger partial charge is 0.219 e. The second-order valence-electron chi connectivity index (χ2n) is 3.87. The lowest BCUT2D eigenvalue weighted by Gasteiger charge is -2.05. The molecule has 0 aliphatic carbocycles. The summed E-state index contributed by atoms with van der Waals surface area (Å²) in [6, 6.07) is 8.25. The van der Waals surface area contributed by atoms with Gasteiger partial charge in [0, 0.05) is 0 Å². The van der Waals surface area contributed by atoms with Crippen LogP contribution in [0.5, 0.6) is 0 Å². The molecule has 0 aliphatic heterocycles. The van der Waals surface area contributed by atoms with Crippen molar-refractivity contribution in [1.82, 2.24) is 0 Å². The Kier molecular flexibility index (Phi) is 3.17. The van der Waals surface area contributed by atoms with Crippen LogP contribution in [0.15, 0.2) is 52.3 Å². The number of aryl methyl sites for hydroxylation is 1. The van der Waals surface area contributed by atoms with Gasteiger partial charge in [-0.1, -0.05) is 12.1 Å². The molecule has 0 fully saturated rings. The fraction of sp³-hybridized carbons (Fsp3) is 0.0769. The van der Waals surface area contributed by atoms with Crippen molar-refractivity contribution in [2.75, 3.05) is 0 Å². The van der Waals surface area contributed by atoms with Crippen LogP contribution in [0.3, 0.4) is 0 Å².